The van der Waals surface area contributed by atoms with Crippen LogP contribution in [0.1, 0.15) is 41.9 Å². The van der Waals surface area contributed by atoms with E-state index in [1.807, 2.05) is 30.5 Å². The molecule has 3 heterocycles. The number of nitrogens with zero attached hydrogens (tertiary/aromatic N) is 4. The lowest BCUT2D eigenvalue weighted by Crippen LogP contribution is -2.01. The maximum Gasteiger partial charge on any atom is 0.137 e. The molecule has 7 aromatic rings. The van der Waals surface area contributed by atoms with Crippen LogP contribution in [0.3, 0.4) is 0 Å². The van der Waals surface area contributed by atoms with Gasteiger partial charge < -0.3 is 4.74 Å². The summed E-state index contributed by atoms with van der Waals surface area (Å²) in [5.41, 5.74) is 11.8. The zero-order valence-electron chi connectivity index (χ0n) is 27.3. The van der Waals surface area contributed by atoms with Crippen LogP contribution in [0.15, 0.2) is 102 Å². The standard InChI is InChI=1S/C40H38N4OS/c1-7-28-21-33(46-6)22-29(8-2)40(28)39-26(4)42-44(27(39)5)30-12-11-13-31(23-30)45-32-16-17-35-34-14-9-10-15-36(34)43(37(35)24-32)38-20-25(3)18-19-41-38/h9-24H,7-8H2,1-6H3. The van der Waals surface area contributed by atoms with Crippen molar-refractivity contribution in [1.82, 2.24) is 19.3 Å². The van der Waals surface area contributed by atoms with Gasteiger partial charge in [-0.05, 0) is 117 Å². The third kappa shape index (κ3) is 5.17. The summed E-state index contributed by atoms with van der Waals surface area (Å²) in [7, 11) is 0. The largest absolute Gasteiger partial charge is 0.457 e. The van der Waals surface area contributed by atoms with Crippen LogP contribution in [0.5, 0.6) is 11.5 Å². The summed E-state index contributed by atoms with van der Waals surface area (Å²) in [6.07, 6.45) is 5.98. The summed E-state index contributed by atoms with van der Waals surface area (Å²) in [6.45, 7) is 10.9. The molecular formula is C40H38N4OS. The number of aromatic nitrogens is 4. The Labute approximate surface area is 274 Å². The molecule has 0 spiro atoms. The van der Waals surface area contributed by atoms with Gasteiger partial charge in [0.05, 0.1) is 22.4 Å². The molecule has 0 aliphatic heterocycles. The first kappa shape index (κ1) is 29.9. The minimum absolute atomic E-state index is 0.759. The molecule has 0 atom stereocenters. The average Bonchev–Trinajstić information content (AvgIpc) is 3.56. The molecule has 0 unspecified atom stereocenters. The number of aryl methyl sites for hydroxylation is 4. The van der Waals surface area contributed by atoms with Crippen LogP contribution in [-0.4, -0.2) is 25.6 Å². The third-order valence-corrected chi connectivity index (χ3v) is 9.59. The molecule has 0 amide bonds. The molecule has 0 N–H and O–H groups in total. The van der Waals surface area contributed by atoms with Crippen LogP contribution >= 0.6 is 11.8 Å². The van der Waals surface area contributed by atoms with E-state index in [4.69, 9.17) is 14.8 Å². The molecule has 3 aromatic heterocycles. The second kappa shape index (κ2) is 12.2. The minimum atomic E-state index is 0.759. The molecule has 4 aromatic carbocycles. The molecule has 0 radical (unpaired) electrons. The summed E-state index contributed by atoms with van der Waals surface area (Å²) < 4.78 is 10.8. The Morgan fingerprint density at radius 1 is 0.717 bits per heavy atom. The van der Waals surface area contributed by atoms with Crippen LogP contribution < -0.4 is 4.74 Å². The lowest BCUT2D eigenvalue weighted by molar-refractivity contribution is 0.483. The number of rotatable bonds is 8. The first-order valence-electron chi connectivity index (χ1n) is 15.9. The fraction of sp³-hybridized carbons (Fsp3) is 0.200. The number of benzene rings is 4. The fourth-order valence-corrected chi connectivity index (χ4v) is 7.23. The van der Waals surface area contributed by atoms with Gasteiger partial charge in [0, 0.05) is 45.3 Å². The number of hydrogen-bond donors (Lipinski definition) is 0. The van der Waals surface area contributed by atoms with Gasteiger partial charge in [-0.2, -0.15) is 5.10 Å². The molecule has 0 fully saturated rings. The van der Waals surface area contributed by atoms with Crippen molar-refractivity contribution < 1.29 is 4.74 Å². The van der Waals surface area contributed by atoms with Gasteiger partial charge in [-0.15, -0.1) is 11.8 Å². The Balaban J connectivity index is 1.28. The van der Waals surface area contributed by atoms with E-state index in [2.05, 4.69) is 117 Å². The zero-order valence-corrected chi connectivity index (χ0v) is 28.1. The van der Waals surface area contributed by atoms with Crippen molar-refractivity contribution in [1.29, 1.82) is 0 Å². The van der Waals surface area contributed by atoms with Crippen LogP contribution in [0.25, 0.3) is 44.4 Å². The summed E-state index contributed by atoms with van der Waals surface area (Å²) >= 11 is 1.81. The second-order valence-electron chi connectivity index (χ2n) is 11.8. The molecule has 5 nitrogen and oxygen atoms in total. The van der Waals surface area contributed by atoms with Gasteiger partial charge in [0.1, 0.15) is 17.3 Å². The summed E-state index contributed by atoms with van der Waals surface area (Å²) in [4.78, 5) is 6.04. The number of pyridine rings is 1. The Kier molecular flexibility index (Phi) is 7.91. The summed E-state index contributed by atoms with van der Waals surface area (Å²) in [5.74, 6) is 2.42. The SMILES string of the molecule is CCc1cc(SC)cc(CC)c1-c1c(C)nn(-c2cccc(Oc3ccc4c5ccccc5n(-c5cc(C)ccn5)c4c3)c2)c1C. The van der Waals surface area contributed by atoms with Crippen molar-refractivity contribution in [2.24, 2.45) is 0 Å². The molecule has 230 valence electrons. The topological polar surface area (TPSA) is 44.9 Å². The predicted molar refractivity (Wildman–Crippen MR) is 192 cm³/mol. The van der Waals surface area contributed by atoms with E-state index >= 15 is 0 Å². The molecular weight excluding hydrogens is 585 g/mol. The molecule has 0 aliphatic rings. The van der Waals surface area contributed by atoms with Gasteiger partial charge in [-0.1, -0.05) is 38.1 Å². The van der Waals surface area contributed by atoms with Crippen molar-refractivity contribution in [2.75, 3.05) is 6.26 Å². The van der Waals surface area contributed by atoms with Gasteiger partial charge in [0.2, 0.25) is 0 Å². The minimum Gasteiger partial charge on any atom is -0.457 e. The van der Waals surface area contributed by atoms with E-state index in [-0.39, 0.29) is 0 Å². The Morgan fingerprint density at radius 3 is 2.20 bits per heavy atom. The van der Waals surface area contributed by atoms with Gasteiger partial charge in [0.15, 0.2) is 0 Å². The fourth-order valence-electron chi connectivity index (χ4n) is 6.71. The predicted octanol–water partition coefficient (Wildman–Crippen LogP) is 10.6. The first-order chi connectivity index (χ1) is 22.4. The highest BCUT2D eigenvalue weighted by molar-refractivity contribution is 7.98. The molecule has 0 saturated heterocycles. The van der Waals surface area contributed by atoms with Crippen LogP contribution in [0.2, 0.25) is 0 Å². The molecule has 7 rings (SSSR count). The highest BCUT2D eigenvalue weighted by Crippen LogP contribution is 2.38. The quantitative estimate of drug-likeness (QED) is 0.158. The van der Waals surface area contributed by atoms with E-state index < -0.39 is 0 Å². The molecule has 6 heteroatoms. The highest BCUT2D eigenvalue weighted by atomic mass is 32.2. The number of hydrogen-bond acceptors (Lipinski definition) is 4. The zero-order chi connectivity index (χ0) is 31.9. The van der Waals surface area contributed by atoms with Crippen LogP contribution in [0.4, 0.5) is 0 Å². The maximum absolute atomic E-state index is 6.54. The average molecular weight is 623 g/mol. The van der Waals surface area contributed by atoms with Gasteiger partial charge in [-0.25, -0.2) is 9.67 Å². The molecule has 46 heavy (non-hydrogen) atoms. The summed E-state index contributed by atoms with van der Waals surface area (Å²) in [6, 6.07) is 31.8. The monoisotopic (exact) mass is 622 g/mol. The Morgan fingerprint density at radius 2 is 1.46 bits per heavy atom. The number of fused-ring (bicyclic) bond motifs is 3. The lowest BCUT2D eigenvalue weighted by Gasteiger charge is -2.16. The van der Waals surface area contributed by atoms with Gasteiger partial charge in [-0.3, -0.25) is 4.57 Å². The van der Waals surface area contributed by atoms with E-state index in [0.29, 0.717) is 0 Å². The van der Waals surface area contributed by atoms with Crippen molar-refractivity contribution in [3.63, 3.8) is 0 Å². The second-order valence-corrected chi connectivity index (χ2v) is 12.7. The number of thioether (sulfide) groups is 1. The van der Waals surface area contributed by atoms with E-state index in [1.54, 1.807) is 11.8 Å². The van der Waals surface area contributed by atoms with Crippen LogP contribution in [-0.2, 0) is 12.8 Å². The maximum atomic E-state index is 6.54. The number of ether oxygens (including phenoxy) is 1. The van der Waals surface area contributed by atoms with Gasteiger partial charge >= 0.3 is 0 Å². The Bertz CT molecular complexity index is 2220. The normalized spacial score (nSPS) is 11.5. The van der Waals surface area contributed by atoms with E-state index in [0.717, 1.165) is 58.3 Å². The summed E-state index contributed by atoms with van der Waals surface area (Å²) in [5, 5.41) is 7.42. The Hall–Kier alpha value is -4.81. The van der Waals surface area contributed by atoms with Crippen LogP contribution in [0, 0.1) is 20.8 Å². The van der Waals surface area contributed by atoms with E-state index in [1.165, 1.54) is 43.5 Å². The smallest absolute Gasteiger partial charge is 0.137 e. The van der Waals surface area contributed by atoms with Crippen molar-refractivity contribution in [3.05, 3.63) is 125 Å². The lowest BCUT2D eigenvalue weighted by atomic mass is 9.90. The number of para-hydroxylation sites is 1. The van der Waals surface area contributed by atoms with Crippen molar-refractivity contribution in [3.8, 4) is 34.1 Å². The highest BCUT2D eigenvalue weighted by Gasteiger charge is 2.21. The third-order valence-electron chi connectivity index (χ3n) is 8.89. The van der Waals surface area contributed by atoms with Crippen molar-refractivity contribution in [2.45, 2.75) is 52.4 Å². The van der Waals surface area contributed by atoms with E-state index in [9.17, 15) is 0 Å². The molecule has 0 bridgehead atoms. The first-order valence-corrected chi connectivity index (χ1v) is 17.1. The van der Waals surface area contributed by atoms with Crippen molar-refractivity contribution >= 4 is 33.6 Å². The molecule has 0 aliphatic carbocycles. The molecule has 0 saturated carbocycles. The van der Waals surface area contributed by atoms with Gasteiger partial charge in [0.25, 0.3) is 0 Å².